The van der Waals surface area contributed by atoms with Crippen LogP contribution in [0, 0.1) is 6.92 Å². The Morgan fingerprint density at radius 2 is 2.17 bits per heavy atom. The van der Waals surface area contributed by atoms with Gasteiger partial charge in [-0.3, -0.25) is 0 Å². The predicted molar refractivity (Wildman–Crippen MR) is 81.6 cm³/mol. The Hall–Kier alpha value is -1.78. The zero-order chi connectivity index (χ0) is 16.9. The van der Waals surface area contributed by atoms with E-state index in [9.17, 15) is 8.42 Å². The Morgan fingerprint density at radius 3 is 2.83 bits per heavy atom. The lowest BCUT2D eigenvalue weighted by atomic mass is 9.92. The van der Waals surface area contributed by atoms with Crippen LogP contribution in [0.1, 0.15) is 30.5 Å². The van der Waals surface area contributed by atoms with E-state index in [0.29, 0.717) is 37.8 Å². The number of hydrogen-bond donors (Lipinski definition) is 0. The monoisotopic (exact) mass is 353 g/mol. The lowest BCUT2D eigenvalue weighted by molar-refractivity contribution is 0.0426. The molecular formula is C14H19N5O4S. The van der Waals surface area contributed by atoms with Crippen LogP contribution >= 0.6 is 0 Å². The number of imidazole rings is 1. The number of piperidine rings is 1. The van der Waals surface area contributed by atoms with Gasteiger partial charge in [-0.1, -0.05) is 0 Å². The largest absolute Gasteiger partial charge is 0.425 e. The number of rotatable bonds is 3. The van der Waals surface area contributed by atoms with Crippen molar-refractivity contribution in [2.24, 2.45) is 7.05 Å². The molecule has 0 radical (unpaired) electrons. The SMILES string of the molecule is Cc1nnc([C@@H]2C[C@H]3OCC[C@H]3N(S(=O)(=O)c3cn(C)cn3)C2)o1. The number of sulfonamides is 1. The summed E-state index contributed by atoms with van der Waals surface area (Å²) in [6.07, 6.45) is 4.21. The molecule has 24 heavy (non-hydrogen) atoms. The van der Waals surface area contributed by atoms with Crippen molar-refractivity contribution in [3.63, 3.8) is 0 Å². The first-order chi connectivity index (χ1) is 11.4. The summed E-state index contributed by atoms with van der Waals surface area (Å²) in [7, 11) is -1.95. The molecule has 2 saturated heterocycles. The van der Waals surface area contributed by atoms with Gasteiger partial charge in [0.2, 0.25) is 11.8 Å². The Balaban J connectivity index is 1.69. The molecule has 130 valence electrons. The van der Waals surface area contributed by atoms with Crippen LogP contribution in [0.4, 0.5) is 0 Å². The van der Waals surface area contributed by atoms with E-state index in [1.54, 1.807) is 18.5 Å². The van der Waals surface area contributed by atoms with Gasteiger partial charge in [-0.05, 0) is 12.8 Å². The van der Waals surface area contributed by atoms with Crippen LogP contribution in [0.3, 0.4) is 0 Å². The minimum atomic E-state index is -3.70. The maximum atomic E-state index is 13.1. The van der Waals surface area contributed by atoms with Gasteiger partial charge in [-0.2, -0.15) is 4.31 Å². The molecule has 0 bridgehead atoms. The molecule has 0 saturated carbocycles. The summed E-state index contributed by atoms with van der Waals surface area (Å²) in [4.78, 5) is 4.02. The van der Waals surface area contributed by atoms with Crippen molar-refractivity contribution in [1.29, 1.82) is 0 Å². The van der Waals surface area contributed by atoms with Crippen molar-refractivity contribution >= 4 is 10.0 Å². The molecule has 2 aliphatic heterocycles. The molecule has 0 N–H and O–H groups in total. The molecule has 0 spiro atoms. The van der Waals surface area contributed by atoms with Gasteiger partial charge in [-0.25, -0.2) is 13.4 Å². The highest BCUT2D eigenvalue weighted by Gasteiger charge is 2.47. The molecule has 2 aromatic heterocycles. The van der Waals surface area contributed by atoms with Gasteiger partial charge in [0.15, 0.2) is 5.03 Å². The van der Waals surface area contributed by atoms with Crippen molar-refractivity contribution in [1.82, 2.24) is 24.1 Å². The summed E-state index contributed by atoms with van der Waals surface area (Å²) in [5, 5.41) is 7.97. The van der Waals surface area contributed by atoms with Gasteiger partial charge < -0.3 is 13.7 Å². The summed E-state index contributed by atoms with van der Waals surface area (Å²) in [5.74, 6) is 0.755. The maximum Gasteiger partial charge on any atom is 0.262 e. The predicted octanol–water partition coefficient (Wildman–Crippen LogP) is 0.447. The zero-order valence-electron chi connectivity index (χ0n) is 13.5. The number of fused-ring (bicyclic) bond motifs is 1. The van der Waals surface area contributed by atoms with Crippen LogP contribution in [0.5, 0.6) is 0 Å². The third-order valence-corrected chi connectivity index (χ3v) is 6.38. The molecule has 9 nitrogen and oxygen atoms in total. The van der Waals surface area contributed by atoms with E-state index in [2.05, 4.69) is 15.2 Å². The molecule has 0 aromatic carbocycles. The lowest BCUT2D eigenvalue weighted by Crippen LogP contribution is -2.51. The first kappa shape index (κ1) is 15.7. The highest BCUT2D eigenvalue weighted by molar-refractivity contribution is 7.89. The van der Waals surface area contributed by atoms with Crippen LogP contribution in [0.15, 0.2) is 22.0 Å². The van der Waals surface area contributed by atoms with E-state index in [0.717, 1.165) is 0 Å². The van der Waals surface area contributed by atoms with E-state index in [4.69, 9.17) is 9.15 Å². The fourth-order valence-corrected chi connectivity index (χ4v) is 5.17. The maximum absolute atomic E-state index is 13.1. The van der Waals surface area contributed by atoms with Gasteiger partial charge in [-0.15, -0.1) is 10.2 Å². The van der Waals surface area contributed by atoms with Crippen LogP contribution in [-0.4, -0.2) is 57.8 Å². The first-order valence-electron chi connectivity index (χ1n) is 7.86. The molecule has 10 heteroatoms. The minimum absolute atomic E-state index is 0.0537. The highest BCUT2D eigenvalue weighted by Crippen LogP contribution is 2.38. The number of aryl methyl sites for hydroxylation is 2. The molecule has 2 fully saturated rings. The molecule has 4 heterocycles. The van der Waals surface area contributed by atoms with Crippen molar-refractivity contribution in [2.45, 2.75) is 42.9 Å². The Bertz CT molecular complexity index is 845. The molecule has 0 unspecified atom stereocenters. The van der Waals surface area contributed by atoms with Gasteiger partial charge in [0.1, 0.15) is 0 Å². The molecule has 4 rings (SSSR count). The summed E-state index contributed by atoms with van der Waals surface area (Å²) >= 11 is 0. The summed E-state index contributed by atoms with van der Waals surface area (Å²) in [5.41, 5.74) is 0. The second kappa shape index (κ2) is 5.64. The topological polar surface area (TPSA) is 103 Å². The van der Waals surface area contributed by atoms with E-state index >= 15 is 0 Å². The molecule has 0 amide bonds. The zero-order valence-corrected chi connectivity index (χ0v) is 14.3. The fourth-order valence-electron chi connectivity index (χ4n) is 3.47. The highest BCUT2D eigenvalue weighted by atomic mass is 32.2. The molecule has 3 atom stereocenters. The number of ether oxygens (including phenoxy) is 1. The summed E-state index contributed by atoms with van der Waals surface area (Å²) in [6, 6.07) is -0.169. The van der Waals surface area contributed by atoms with E-state index in [1.165, 1.54) is 16.8 Å². The van der Waals surface area contributed by atoms with Gasteiger partial charge in [0, 0.05) is 33.3 Å². The Labute approximate surface area is 139 Å². The van der Waals surface area contributed by atoms with E-state index in [-0.39, 0.29) is 23.1 Å². The lowest BCUT2D eigenvalue weighted by Gasteiger charge is -2.38. The molecule has 0 aliphatic carbocycles. The number of hydrogen-bond acceptors (Lipinski definition) is 7. The van der Waals surface area contributed by atoms with Gasteiger partial charge in [0.05, 0.1) is 24.4 Å². The van der Waals surface area contributed by atoms with Crippen LogP contribution < -0.4 is 0 Å². The van der Waals surface area contributed by atoms with Crippen molar-refractivity contribution in [3.8, 4) is 0 Å². The first-order valence-corrected chi connectivity index (χ1v) is 9.30. The smallest absolute Gasteiger partial charge is 0.262 e. The van der Waals surface area contributed by atoms with Crippen molar-refractivity contribution < 1.29 is 17.6 Å². The third-order valence-electron chi connectivity index (χ3n) is 4.61. The number of nitrogens with zero attached hydrogens (tertiary/aromatic N) is 5. The fraction of sp³-hybridized carbons (Fsp3) is 0.643. The molecule has 2 aromatic rings. The number of aromatic nitrogens is 4. The van der Waals surface area contributed by atoms with Crippen LogP contribution in [0.25, 0.3) is 0 Å². The van der Waals surface area contributed by atoms with E-state index < -0.39 is 10.0 Å². The summed E-state index contributed by atoms with van der Waals surface area (Å²) in [6.45, 7) is 2.57. The van der Waals surface area contributed by atoms with Crippen LogP contribution in [0.2, 0.25) is 0 Å². The van der Waals surface area contributed by atoms with Crippen molar-refractivity contribution in [2.75, 3.05) is 13.2 Å². The minimum Gasteiger partial charge on any atom is -0.425 e. The average Bonchev–Trinajstić information content (AvgIpc) is 3.26. The quantitative estimate of drug-likeness (QED) is 0.789. The second-order valence-corrected chi connectivity index (χ2v) is 8.15. The van der Waals surface area contributed by atoms with E-state index in [1.807, 2.05) is 0 Å². The molecule has 2 aliphatic rings. The third kappa shape index (κ3) is 2.54. The standard InChI is InChI=1S/C14H19N5O4S/c1-9-16-17-14(23-9)10-5-12-11(3-4-22-12)19(6-10)24(20,21)13-7-18(2)8-15-13/h7-8,10-12H,3-6H2,1-2H3/t10-,11-,12-/m1/s1. The Kier molecular flexibility index (Phi) is 3.70. The van der Waals surface area contributed by atoms with Gasteiger partial charge >= 0.3 is 0 Å². The average molecular weight is 353 g/mol. The van der Waals surface area contributed by atoms with Crippen LogP contribution in [-0.2, 0) is 21.8 Å². The Morgan fingerprint density at radius 1 is 1.33 bits per heavy atom. The van der Waals surface area contributed by atoms with Crippen molar-refractivity contribution in [3.05, 3.63) is 24.3 Å². The van der Waals surface area contributed by atoms with Gasteiger partial charge in [0.25, 0.3) is 10.0 Å². The molecular weight excluding hydrogens is 334 g/mol. The summed E-state index contributed by atoms with van der Waals surface area (Å²) < 4.78 is 40.5. The normalized spacial score (nSPS) is 28.2. The second-order valence-electron chi connectivity index (χ2n) is 6.31.